The van der Waals surface area contributed by atoms with Gasteiger partial charge in [-0.2, -0.15) is 0 Å². The van der Waals surface area contributed by atoms with Gasteiger partial charge in [-0.3, -0.25) is 4.79 Å². The molecule has 0 saturated carbocycles. The Morgan fingerprint density at radius 3 is 2.73 bits per heavy atom. The molecule has 1 aromatic heterocycles. The van der Waals surface area contributed by atoms with E-state index in [0.717, 1.165) is 0 Å². The van der Waals surface area contributed by atoms with Crippen LogP contribution < -0.4 is 9.60 Å². The van der Waals surface area contributed by atoms with E-state index in [1.807, 2.05) is 0 Å². The zero-order valence-electron chi connectivity index (χ0n) is 8.03. The summed E-state index contributed by atoms with van der Waals surface area (Å²) in [6.07, 6.45) is 5.31. The second kappa shape index (κ2) is 4.61. The summed E-state index contributed by atoms with van der Waals surface area (Å²) in [6.45, 7) is 1.71. The minimum atomic E-state index is -3.60. The molecule has 0 saturated heterocycles. The van der Waals surface area contributed by atoms with Gasteiger partial charge in [0.2, 0.25) is 0 Å². The fourth-order valence-electron chi connectivity index (χ4n) is 0.970. The predicted octanol–water partition coefficient (Wildman–Crippen LogP) is 0.0464. The van der Waals surface area contributed by atoms with Gasteiger partial charge in [0, 0.05) is 18.7 Å². The quantitative estimate of drug-likeness (QED) is 0.582. The van der Waals surface area contributed by atoms with Gasteiger partial charge in [0.05, 0.1) is 0 Å². The molecule has 0 bridgehead atoms. The lowest BCUT2D eigenvalue weighted by atomic mass is 10.5. The Balaban J connectivity index is 2.92. The zero-order chi connectivity index (χ0) is 11.5. The average molecular weight is 246 g/mol. The number of hydrogen-bond donors (Lipinski definition) is 2. The van der Waals surface area contributed by atoms with E-state index in [4.69, 9.17) is 6.42 Å². The number of nitrogens with one attached hydrogen (secondary N) is 2. The highest BCUT2D eigenvalue weighted by molar-refractivity contribution is 7.91. The number of thiazole rings is 1. The van der Waals surface area contributed by atoms with Crippen molar-refractivity contribution in [3.05, 3.63) is 15.4 Å². The van der Waals surface area contributed by atoms with E-state index in [9.17, 15) is 13.2 Å². The number of aromatic amines is 1. The molecule has 0 radical (unpaired) electrons. The molecule has 1 rings (SSSR count). The van der Waals surface area contributed by atoms with E-state index in [1.54, 1.807) is 0 Å². The maximum atomic E-state index is 11.6. The molecular weight excluding hydrogens is 236 g/mol. The van der Waals surface area contributed by atoms with Gasteiger partial charge in [-0.05, 0) is 6.92 Å². The van der Waals surface area contributed by atoms with Crippen molar-refractivity contribution in [2.24, 2.45) is 0 Å². The van der Waals surface area contributed by atoms with Crippen LogP contribution in [0.3, 0.4) is 0 Å². The van der Waals surface area contributed by atoms with Crippen molar-refractivity contribution in [2.75, 3.05) is 6.54 Å². The van der Waals surface area contributed by atoms with Gasteiger partial charge < -0.3 is 4.98 Å². The maximum absolute atomic E-state index is 11.6. The normalized spacial score (nSPS) is 11.2. The molecule has 82 valence electrons. The first kappa shape index (κ1) is 12.0. The molecule has 0 aromatic carbocycles. The van der Waals surface area contributed by atoms with Gasteiger partial charge in [-0.1, -0.05) is 11.3 Å². The molecule has 15 heavy (non-hydrogen) atoms. The molecule has 0 aliphatic carbocycles. The first-order chi connectivity index (χ1) is 6.97. The van der Waals surface area contributed by atoms with Crippen molar-refractivity contribution < 1.29 is 8.42 Å². The van der Waals surface area contributed by atoms with Crippen molar-refractivity contribution in [3.63, 3.8) is 0 Å². The third-order valence-electron chi connectivity index (χ3n) is 1.59. The number of aryl methyl sites for hydroxylation is 1. The monoisotopic (exact) mass is 246 g/mol. The van der Waals surface area contributed by atoms with E-state index in [-0.39, 0.29) is 15.6 Å². The molecule has 2 N–H and O–H groups in total. The first-order valence-corrected chi connectivity index (χ1v) is 6.40. The highest BCUT2D eigenvalue weighted by atomic mass is 32.2. The van der Waals surface area contributed by atoms with Gasteiger partial charge in [0.15, 0.2) is 4.21 Å². The SMILES string of the molecule is C#CCCNS(=O)(=O)c1sc(=O)[nH]c1C. The molecule has 0 aliphatic heterocycles. The molecule has 0 unspecified atom stereocenters. The number of H-pyrrole nitrogens is 1. The molecule has 0 aliphatic rings. The number of sulfonamides is 1. The van der Waals surface area contributed by atoms with Crippen LogP contribution in [-0.2, 0) is 10.0 Å². The van der Waals surface area contributed by atoms with Gasteiger partial charge in [0.1, 0.15) is 0 Å². The van der Waals surface area contributed by atoms with Gasteiger partial charge in [-0.15, -0.1) is 12.3 Å². The van der Waals surface area contributed by atoms with Gasteiger partial charge in [-0.25, -0.2) is 13.1 Å². The van der Waals surface area contributed by atoms with Crippen molar-refractivity contribution in [1.29, 1.82) is 0 Å². The topological polar surface area (TPSA) is 79.0 Å². The van der Waals surface area contributed by atoms with Crippen molar-refractivity contribution >= 4 is 21.4 Å². The summed E-state index contributed by atoms with van der Waals surface area (Å²) in [6, 6.07) is 0. The second-order valence-electron chi connectivity index (χ2n) is 2.78. The smallest absolute Gasteiger partial charge is 0.305 e. The largest absolute Gasteiger partial charge is 0.315 e. The highest BCUT2D eigenvalue weighted by Crippen LogP contribution is 2.14. The average Bonchev–Trinajstić information content (AvgIpc) is 2.46. The summed E-state index contributed by atoms with van der Waals surface area (Å²) in [5.74, 6) is 2.32. The summed E-state index contributed by atoms with van der Waals surface area (Å²) >= 11 is 0.666. The Bertz CT molecular complexity index is 533. The van der Waals surface area contributed by atoms with Crippen LogP contribution in [0.1, 0.15) is 12.1 Å². The lowest BCUT2D eigenvalue weighted by molar-refractivity contribution is 0.584. The van der Waals surface area contributed by atoms with Crippen molar-refractivity contribution in [1.82, 2.24) is 9.71 Å². The summed E-state index contributed by atoms with van der Waals surface area (Å²) in [7, 11) is -3.60. The van der Waals surface area contributed by atoms with Crippen LogP contribution in [0, 0.1) is 19.3 Å². The molecule has 0 fully saturated rings. The van der Waals surface area contributed by atoms with Crippen LogP contribution in [0.5, 0.6) is 0 Å². The van der Waals surface area contributed by atoms with Gasteiger partial charge >= 0.3 is 4.87 Å². The summed E-state index contributed by atoms with van der Waals surface area (Å²) < 4.78 is 25.6. The zero-order valence-corrected chi connectivity index (χ0v) is 9.67. The second-order valence-corrected chi connectivity index (χ2v) is 5.72. The van der Waals surface area contributed by atoms with Crippen LogP contribution >= 0.6 is 11.3 Å². The third-order valence-corrected chi connectivity index (χ3v) is 4.65. The highest BCUT2D eigenvalue weighted by Gasteiger charge is 2.19. The summed E-state index contributed by atoms with van der Waals surface area (Å²) in [4.78, 5) is 12.9. The third kappa shape index (κ3) is 2.92. The summed E-state index contributed by atoms with van der Waals surface area (Å²) in [5, 5.41) is 0. The Labute approximate surface area is 91.6 Å². The van der Waals surface area contributed by atoms with E-state index in [0.29, 0.717) is 23.5 Å². The van der Waals surface area contributed by atoms with Crippen LogP contribution in [0.15, 0.2) is 9.00 Å². The Kier molecular flexibility index (Phi) is 3.68. The molecule has 0 atom stereocenters. The van der Waals surface area contributed by atoms with Crippen LogP contribution in [0.2, 0.25) is 0 Å². The lowest BCUT2D eigenvalue weighted by Gasteiger charge is -2.02. The van der Waals surface area contributed by atoms with E-state index in [1.165, 1.54) is 6.92 Å². The molecular formula is C8H10N2O3S2. The Hall–Kier alpha value is -1.10. The standard InChI is InChI=1S/C8H10N2O3S2/c1-3-4-5-9-15(12,13)7-6(2)10-8(11)14-7/h1,9H,4-5H2,2H3,(H,10,11). The van der Waals surface area contributed by atoms with E-state index >= 15 is 0 Å². The fourth-order valence-corrected chi connectivity index (χ4v) is 3.35. The molecule has 1 heterocycles. The molecule has 1 aromatic rings. The lowest BCUT2D eigenvalue weighted by Crippen LogP contribution is -2.24. The van der Waals surface area contributed by atoms with Crippen molar-refractivity contribution in [3.8, 4) is 12.3 Å². The van der Waals surface area contributed by atoms with Crippen LogP contribution in [0.25, 0.3) is 0 Å². The molecule has 5 nitrogen and oxygen atoms in total. The maximum Gasteiger partial charge on any atom is 0.305 e. The number of aromatic nitrogens is 1. The first-order valence-electron chi connectivity index (χ1n) is 4.10. The number of terminal acetylenes is 1. The minimum Gasteiger partial charge on any atom is -0.315 e. The number of rotatable bonds is 4. The summed E-state index contributed by atoms with van der Waals surface area (Å²) in [5.41, 5.74) is 0.346. The molecule has 0 amide bonds. The van der Waals surface area contributed by atoms with E-state index < -0.39 is 10.0 Å². The van der Waals surface area contributed by atoms with E-state index in [2.05, 4.69) is 15.6 Å². The number of hydrogen-bond acceptors (Lipinski definition) is 4. The Morgan fingerprint density at radius 2 is 2.27 bits per heavy atom. The van der Waals surface area contributed by atoms with Crippen LogP contribution in [0.4, 0.5) is 0 Å². The minimum absolute atomic E-state index is 0.0181. The predicted molar refractivity (Wildman–Crippen MR) is 58.3 cm³/mol. The van der Waals surface area contributed by atoms with Crippen LogP contribution in [-0.4, -0.2) is 19.9 Å². The fraction of sp³-hybridized carbons (Fsp3) is 0.375. The van der Waals surface area contributed by atoms with Crippen molar-refractivity contribution in [2.45, 2.75) is 17.6 Å². The Morgan fingerprint density at radius 1 is 1.60 bits per heavy atom. The van der Waals surface area contributed by atoms with Gasteiger partial charge in [0.25, 0.3) is 10.0 Å². The molecule has 0 spiro atoms. The molecule has 7 heteroatoms.